The van der Waals surface area contributed by atoms with Crippen molar-refractivity contribution in [2.45, 2.75) is 26.1 Å². The average molecular weight is 400 g/mol. The highest BCUT2D eigenvalue weighted by molar-refractivity contribution is 9.10. The van der Waals surface area contributed by atoms with E-state index in [0.717, 1.165) is 10.0 Å². The van der Waals surface area contributed by atoms with E-state index in [2.05, 4.69) is 26.0 Å². The molecule has 7 heteroatoms. The number of rotatable bonds is 6. The summed E-state index contributed by atoms with van der Waals surface area (Å²) < 4.78 is 41.2. The van der Waals surface area contributed by atoms with E-state index >= 15 is 0 Å². The topological polar surface area (TPSA) is 39.7 Å². The van der Waals surface area contributed by atoms with Crippen LogP contribution in [0.15, 0.2) is 40.9 Å². The van der Waals surface area contributed by atoms with Crippen molar-refractivity contribution in [2.75, 3.05) is 6.79 Å². The molecule has 0 radical (unpaired) electrons. The highest BCUT2D eigenvalue weighted by atomic mass is 79.9. The molecule has 0 spiro atoms. The van der Waals surface area contributed by atoms with Crippen molar-refractivity contribution in [3.05, 3.63) is 52.0 Å². The van der Waals surface area contributed by atoms with Gasteiger partial charge in [-0.3, -0.25) is 0 Å². The normalized spacial score (nSPS) is 14.0. The van der Waals surface area contributed by atoms with E-state index in [4.69, 9.17) is 9.47 Å². The van der Waals surface area contributed by atoms with Gasteiger partial charge in [-0.15, -0.1) is 0 Å². The average Bonchev–Trinajstić information content (AvgIpc) is 3.01. The molecule has 0 bridgehead atoms. The van der Waals surface area contributed by atoms with Gasteiger partial charge in [0.2, 0.25) is 6.79 Å². The van der Waals surface area contributed by atoms with Gasteiger partial charge in [-0.25, -0.2) is 0 Å². The third-order valence-corrected chi connectivity index (χ3v) is 4.29. The smallest absolute Gasteiger partial charge is 0.387 e. The maximum atomic E-state index is 12.5. The van der Waals surface area contributed by atoms with E-state index in [1.807, 2.05) is 19.1 Å². The molecule has 24 heavy (non-hydrogen) atoms. The van der Waals surface area contributed by atoms with Gasteiger partial charge in [0.05, 0.1) is 4.47 Å². The van der Waals surface area contributed by atoms with Crippen LogP contribution in [0.5, 0.6) is 17.2 Å². The molecule has 1 N–H and O–H groups in total. The first-order valence-electron chi connectivity index (χ1n) is 7.39. The number of hydrogen-bond donors (Lipinski definition) is 1. The molecule has 1 heterocycles. The zero-order chi connectivity index (χ0) is 17.1. The van der Waals surface area contributed by atoms with Gasteiger partial charge in [0, 0.05) is 18.2 Å². The molecule has 1 atom stereocenters. The van der Waals surface area contributed by atoms with E-state index in [9.17, 15) is 8.78 Å². The minimum absolute atomic E-state index is 0.163. The van der Waals surface area contributed by atoms with E-state index < -0.39 is 6.61 Å². The number of fused-ring (bicyclic) bond motifs is 1. The summed E-state index contributed by atoms with van der Waals surface area (Å²) in [6.45, 7) is -0.197. The van der Waals surface area contributed by atoms with E-state index in [0.29, 0.717) is 23.6 Å². The first-order chi connectivity index (χ1) is 11.5. The number of nitrogens with one attached hydrogen (secondary N) is 1. The molecule has 2 aromatic rings. The Morgan fingerprint density at radius 3 is 2.83 bits per heavy atom. The van der Waals surface area contributed by atoms with Crippen LogP contribution in [0.4, 0.5) is 8.78 Å². The molecule has 1 aliphatic rings. The first-order valence-corrected chi connectivity index (χ1v) is 8.19. The van der Waals surface area contributed by atoms with E-state index in [1.54, 1.807) is 18.2 Å². The number of halogens is 3. The Morgan fingerprint density at radius 1 is 1.25 bits per heavy atom. The molecule has 0 aromatic heterocycles. The summed E-state index contributed by atoms with van der Waals surface area (Å²) in [5.74, 6) is 1.57. The summed E-state index contributed by atoms with van der Waals surface area (Å²) >= 11 is 3.45. The third-order valence-electron chi connectivity index (χ3n) is 3.70. The highest BCUT2D eigenvalue weighted by Crippen LogP contribution is 2.40. The Hall–Kier alpha value is -1.86. The van der Waals surface area contributed by atoms with Crippen molar-refractivity contribution >= 4 is 15.9 Å². The molecule has 2 aromatic carbocycles. The summed E-state index contributed by atoms with van der Waals surface area (Å²) in [6.07, 6.45) is 0. The molecular weight excluding hydrogens is 384 g/mol. The summed E-state index contributed by atoms with van der Waals surface area (Å²) in [4.78, 5) is 0. The SMILES string of the molecule is C[C@H](NCc1cc(Br)c2c(c1)OCO2)c1ccccc1OC(F)F. The van der Waals surface area contributed by atoms with Gasteiger partial charge < -0.3 is 19.5 Å². The molecule has 4 nitrogen and oxygen atoms in total. The largest absolute Gasteiger partial charge is 0.454 e. The van der Waals surface area contributed by atoms with Crippen LogP contribution >= 0.6 is 15.9 Å². The van der Waals surface area contributed by atoms with Crippen LogP contribution in [0.2, 0.25) is 0 Å². The standard InChI is InChI=1S/C17H16BrF2NO3/c1-10(12-4-2-3-5-14(12)24-17(19)20)21-8-11-6-13(18)16-15(7-11)22-9-23-16/h2-7,10,17,21H,8-9H2,1H3/t10-/m0/s1. The van der Waals surface area contributed by atoms with Gasteiger partial charge in [0.15, 0.2) is 11.5 Å². The second-order valence-electron chi connectivity index (χ2n) is 5.33. The number of para-hydroxylation sites is 1. The number of benzene rings is 2. The van der Waals surface area contributed by atoms with Crippen LogP contribution in [0.3, 0.4) is 0 Å². The summed E-state index contributed by atoms with van der Waals surface area (Å²) in [5, 5.41) is 3.31. The zero-order valence-electron chi connectivity index (χ0n) is 12.9. The number of hydrogen-bond acceptors (Lipinski definition) is 4. The van der Waals surface area contributed by atoms with Gasteiger partial charge in [-0.2, -0.15) is 8.78 Å². The van der Waals surface area contributed by atoms with Crippen LogP contribution in [-0.2, 0) is 6.54 Å². The monoisotopic (exact) mass is 399 g/mol. The Morgan fingerprint density at radius 2 is 2.04 bits per heavy atom. The Kier molecular flexibility index (Phi) is 5.20. The van der Waals surface area contributed by atoms with Gasteiger partial charge in [-0.1, -0.05) is 18.2 Å². The van der Waals surface area contributed by atoms with Crippen molar-refractivity contribution in [3.8, 4) is 17.2 Å². The fraction of sp³-hybridized carbons (Fsp3) is 0.294. The second-order valence-corrected chi connectivity index (χ2v) is 6.18. The second kappa shape index (κ2) is 7.36. The van der Waals surface area contributed by atoms with Crippen molar-refractivity contribution < 1.29 is 23.0 Å². The molecular formula is C17H16BrF2NO3. The lowest BCUT2D eigenvalue weighted by Crippen LogP contribution is -2.19. The van der Waals surface area contributed by atoms with Crippen LogP contribution in [-0.4, -0.2) is 13.4 Å². The van der Waals surface area contributed by atoms with Gasteiger partial charge in [0.25, 0.3) is 0 Å². The molecule has 0 saturated heterocycles. The Labute approximate surface area is 146 Å². The molecule has 0 fully saturated rings. The lowest BCUT2D eigenvalue weighted by Gasteiger charge is -2.18. The predicted octanol–water partition coefficient (Wildman–Crippen LogP) is 4.63. The van der Waals surface area contributed by atoms with Crippen molar-refractivity contribution in [3.63, 3.8) is 0 Å². The summed E-state index contributed by atoms with van der Waals surface area (Å²) in [6, 6.07) is 10.4. The van der Waals surface area contributed by atoms with Gasteiger partial charge >= 0.3 is 6.61 Å². The zero-order valence-corrected chi connectivity index (χ0v) is 14.5. The minimum Gasteiger partial charge on any atom is -0.454 e. The van der Waals surface area contributed by atoms with E-state index in [-0.39, 0.29) is 18.6 Å². The van der Waals surface area contributed by atoms with Crippen LogP contribution in [0.1, 0.15) is 24.1 Å². The quantitative estimate of drug-likeness (QED) is 0.768. The van der Waals surface area contributed by atoms with Crippen LogP contribution in [0.25, 0.3) is 0 Å². The number of ether oxygens (including phenoxy) is 3. The molecule has 0 aliphatic carbocycles. The van der Waals surface area contributed by atoms with Crippen molar-refractivity contribution in [1.82, 2.24) is 5.32 Å². The lowest BCUT2D eigenvalue weighted by molar-refractivity contribution is -0.0506. The molecule has 0 amide bonds. The molecule has 1 aliphatic heterocycles. The van der Waals surface area contributed by atoms with Gasteiger partial charge in [-0.05, 0) is 46.6 Å². The Bertz CT molecular complexity index is 727. The van der Waals surface area contributed by atoms with Crippen molar-refractivity contribution in [2.24, 2.45) is 0 Å². The Balaban J connectivity index is 1.70. The summed E-state index contributed by atoms with van der Waals surface area (Å²) in [5.41, 5.74) is 1.67. The molecule has 0 unspecified atom stereocenters. The third kappa shape index (κ3) is 3.79. The molecule has 128 valence electrons. The lowest BCUT2D eigenvalue weighted by atomic mass is 10.1. The fourth-order valence-electron chi connectivity index (χ4n) is 2.55. The highest BCUT2D eigenvalue weighted by Gasteiger charge is 2.19. The first kappa shape index (κ1) is 17.0. The molecule has 3 rings (SSSR count). The maximum absolute atomic E-state index is 12.5. The summed E-state index contributed by atoms with van der Waals surface area (Å²) in [7, 11) is 0. The van der Waals surface area contributed by atoms with Crippen LogP contribution < -0.4 is 19.5 Å². The van der Waals surface area contributed by atoms with Gasteiger partial charge in [0.1, 0.15) is 5.75 Å². The minimum atomic E-state index is -2.84. The fourth-order valence-corrected chi connectivity index (χ4v) is 3.15. The van der Waals surface area contributed by atoms with Crippen LogP contribution in [0, 0.1) is 0 Å². The van der Waals surface area contributed by atoms with Crippen molar-refractivity contribution in [1.29, 1.82) is 0 Å². The van der Waals surface area contributed by atoms with E-state index in [1.165, 1.54) is 6.07 Å². The predicted molar refractivity (Wildman–Crippen MR) is 88.6 cm³/mol. The number of alkyl halides is 2. The molecule has 0 saturated carbocycles. The maximum Gasteiger partial charge on any atom is 0.387 e.